The van der Waals surface area contributed by atoms with Crippen molar-refractivity contribution < 1.29 is 13.2 Å². The number of hydrogen-bond donors (Lipinski definition) is 1. The van der Waals surface area contributed by atoms with E-state index in [9.17, 15) is 13.2 Å². The SMILES string of the molecule is CCC1CNC(C)(CC)CN1CCCC(F)(F)F. The van der Waals surface area contributed by atoms with E-state index in [-0.39, 0.29) is 12.0 Å². The summed E-state index contributed by atoms with van der Waals surface area (Å²) in [6.45, 7) is 8.64. The predicted octanol–water partition coefficient (Wildman–Crippen LogP) is 3.18. The zero-order valence-corrected chi connectivity index (χ0v) is 11.6. The van der Waals surface area contributed by atoms with Gasteiger partial charge in [-0.3, -0.25) is 4.90 Å². The Balaban J connectivity index is 2.48. The van der Waals surface area contributed by atoms with Gasteiger partial charge in [0.15, 0.2) is 0 Å². The topological polar surface area (TPSA) is 15.3 Å². The van der Waals surface area contributed by atoms with Gasteiger partial charge in [0.05, 0.1) is 0 Å². The molecule has 2 atom stereocenters. The third-order valence-electron chi connectivity index (χ3n) is 3.99. The van der Waals surface area contributed by atoms with E-state index in [1.165, 1.54) is 0 Å². The average molecular weight is 266 g/mol. The maximum absolute atomic E-state index is 12.2. The largest absolute Gasteiger partial charge is 0.389 e. The van der Waals surface area contributed by atoms with Crippen molar-refractivity contribution in [1.29, 1.82) is 0 Å². The zero-order valence-electron chi connectivity index (χ0n) is 11.6. The maximum atomic E-state index is 12.2. The molecule has 18 heavy (non-hydrogen) atoms. The molecule has 2 unspecified atom stereocenters. The number of rotatable bonds is 5. The molecule has 108 valence electrons. The molecule has 1 fully saturated rings. The monoisotopic (exact) mass is 266 g/mol. The van der Waals surface area contributed by atoms with Gasteiger partial charge in [-0.15, -0.1) is 0 Å². The van der Waals surface area contributed by atoms with Gasteiger partial charge in [-0.2, -0.15) is 13.2 Å². The van der Waals surface area contributed by atoms with Crippen LogP contribution in [0.25, 0.3) is 0 Å². The lowest BCUT2D eigenvalue weighted by Crippen LogP contribution is -2.62. The van der Waals surface area contributed by atoms with Crippen LogP contribution in [0.4, 0.5) is 13.2 Å². The first kappa shape index (κ1) is 15.8. The molecule has 0 aromatic carbocycles. The van der Waals surface area contributed by atoms with Crippen LogP contribution in [-0.2, 0) is 0 Å². The second kappa shape index (κ2) is 6.24. The van der Waals surface area contributed by atoms with E-state index in [1.807, 2.05) is 0 Å². The summed E-state index contributed by atoms with van der Waals surface area (Å²) in [6.07, 6.45) is -2.50. The molecular weight excluding hydrogens is 241 g/mol. The predicted molar refractivity (Wildman–Crippen MR) is 67.6 cm³/mol. The highest BCUT2D eigenvalue weighted by Gasteiger charge is 2.34. The van der Waals surface area contributed by atoms with Gasteiger partial charge in [0.1, 0.15) is 0 Å². The van der Waals surface area contributed by atoms with Gasteiger partial charge in [-0.25, -0.2) is 0 Å². The van der Waals surface area contributed by atoms with Gasteiger partial charge in [-0.1, -0.05) is 13.8 Å². The number of piperazine rings is 1. The number of hydrogen-bond acceptors (Lipinski definition) is 2. The van der Waals surface area contributed by atoms with Crippen molar-refractivity contribution >= 4 is 0 Å². The first-order valence-electron chi connectivity index (χ1n) is 6.85. The van der Waals surface area contributed by atoms with Crippen LogP contribution in [0.5, 0.6) is 0 Å². The minimum atomic E-state index is -4.02. The van der Waals surface area contributed by atoms with Crippen LogP contribution in [0, 0.1) is 0 Å². The molecule has 1 N–H and O–H groups in total. The van der Waals surface area contributed by atoms with Crippen molar-refractivity contribution in [3.8, 4) is 0 Å². The molecule has 1 aliphatic rings. The van der Waals surface area contributed by atoms with Crippen LogP contribution in [0.2, 0.25) is 0 Å². The van der Waals surface area contributed by atoms with Crippen molar-refractivity contribution in [1.82, 2.24) is 10.2 Å². The minimum absolute atomic E-state index is 0.0455. The summed E-state index contributed by atoms with van der Waals surface area (Å²) in [5, 5.41) is 3.52. The molecule has 0 bridgehead atoms. The lowest BCUT2D eigenvalue weighted by molar-refractivity contribution is -0.136. The van der Waals surface area contributed by atoms with E-state index in [4.69, 9.17) is 0 Å². The molecule has 0 saturated carbocycles. The second-order valence-corrected chi connectivity index (χ2v) is 5.55. The Morgan fingerprint density at radius 2 is 2.00 bits per heavy atom. The summed E-state index contributed by atoms with van der Waals surface area (Å²) in [5.74, 6) is 0. The van der Waals surface area contributed by atoms with Crippen LogP contribution in [0.3, 0.4) is 0 Å². The van der Waals surface area contributed by atoms with E-state index in [1.54, 1.807) is 0 Å². The van der Waals surface area contributed by atoms with E-state index in [2.05, 4.69) is 31.0 Å². The fourth-order valence-corrected chi connectivity index (χ4v) is 2.51. The van der Waals surface area contributed by atoms with Crippen molar-refractivity contribution in [2.75, 3.05) is 19.6 Å². The third-order valence-corrected chi connectivity index (χ3v) is 3.99. The summed E-state index contributed by atoms with van der Waals surface area (Å²) >= 11 is 0. The summed E-state index contributed by atoms with van der Waals surface area (Å²) in [7, 11) is 0. The highest BCUT2D eigenvalue weighted by Crippen LogP contribution is 2.24. The lowest BCUT2D eigenvalue weighted by Gasteiger charge is -2.46. The first-order chi connectivity index (χ1) is 8.29. The van der Waals surface area contributed by atoms with Crippen molar-refractivity contribution in [2.45, 2.75) is 64.2 Å². The molecule has 0 radical (unpaired) electrons. The molecule has 1 saturated heterocycles. The molecule has 0 aliphatic carbocycles. The molecule has 0 amide bonds. The third kappa shape index (κ3) is 4.76. The molecular formula is C13H25F3N2. The van der Waals surface area contributed by atoms with Crippen LogP contribution >= 0.6 is 0 Å². The number of nitrogens with one attached hydrogen (secondary N) is 1. The number of alkyl halides is 3. The Hall–Kier alpha value is -0.290. The molecule has 5 heteroatoms. The zero-order chi connectivity index (χ0) is 13.8. The molecule has 1 aliphatic heterocycles. The standard InChI is InChI=1S/C13H25F3N2/c1-4-11-9-17-12(3,5-2)10-18(11)8-6-7-13(14,15)16/h11,17H,4-10H2,1-3H3. The van der Waals surface area contributed by atoms with Gasteiger partial charge in [0.2, 0.25) is 0 Å². The Morgan fingerprint density at radius 1 is 1.33 bits per heavy atom. The van der Waals surface area contributed by atoms with Crippen LogP contribution in [0.1, 0.15) is 46.5 Å². The molecule has 0 aromatic rings. The van der Waals surface area contributed by atoms with Gasteiger partial charge in [-0.05, 0) is 32.7 Å². The summed E-state index contributed by atoms with van der Waals surface area (Å²) in [6, 6.07) is 0.373. The second-order valence-electron chi connectivity index (χ2n) is 5.55. The van der Waals surface area contributed by atoms with E-state index in [0.717, 1.165) is 25.9 Å². The van der Waals surface area contributed by atoms with Crippen LogP contribution in [-0.4, -0.2) is 42.3 Å². The molecule has 0 spiro atoms. The normalized spacial score (nSPS) is 30.7. The van der Waals surface area contributed by atoms with E-state index >= 15 is 0 Å². The van der Waals surface area contributed by atoms with Gasteiger partial charge in [0.25, 0.3) is 0 Å². The summed E-state index contributed by atoms with van der Waals surface area (Å²) < 4.78 is 36.5. The first-order valence-corrected chi connectivity index (χ1v) is 6.85. The van der Waals surface area contributed by atoms with Crippen molar-refractivity contribution in [3.63, 3.8) is 0 Å². The van der Waals surface area contributed by atoms with Gasteiger partial charge < -0.3 is 5.32 Å². The molecule has 0 aromatic heterocycles. The van der Waals surface area contributed by atoms with Crippen molar-refractivity contribution in [2.24, 2.45) is 0 Å². The Bertz CT molecular complexity index is 255. The summed E-state index contributed by atoms with van der Waals surface area (Å²) in [4.78, 5) is 2.23. The fourth-order valence-electron chi connectivity index (χ4n) is 2.51. The number of halogens is 3. The molecule has 2 nitrogen and oxygen atoms in total. The average Bonchev–Trinajstić information content (AvgIpc) is 2.28. The van der Waals surface area contributed by atoms with E-state index < -0.39 is 12.6 Å². The number of nitrogens with zero attached hydrogens (tertiary/aromatic N) is 1. The molecule has 1 heterocycles. The van der Waals surface area contributed by atoms with Gasteiger partial charge >= 0.3 is 6.18 Å². The van der Waals surface area contributed by atoms with Gasteiger partial charge in [0, 0.05) is 31.1 Å². The Kier molecular flexibility index (Phi) is 5.46. The Morgan fingerprint density at radius 3 is 2.50 bits per heavy atom. The lowest BCUT2D eigenvalue weighted by atomic mass is 9.92. The maximum Gasteiger partial charge on any atom is 0.389 e. The minimum Gasteiger partial charge on any atom is -0.309 e. The van der Waals surface area contributed by atoms with E-state index in [0.29, 0.717) is 12.6 Å². The van der Waals surface area contributed by atoms with Crippen LogP contribution < -0.4 is 5.32 Å². The molecule has 1 rings (SSSR count). The quantitative estimate of drug-likeness (QED) is 0.822. The smallest absolute Gasteiger partial charge is 0.309 e. The highest BCUT2D eigenvalue weighted by atomic mass is 19.4. The Labute approximate surface area is 108 Å². The van der Waals surface area contributed by atoms with Crippen molar-refractivity contribution in [3.05, 3.63) is 0 Å². The fraction of sp³-hybridized carbons (Fsp3) is 1.00. The van der Waals surface area contributed by atoms with Crippen LogP contribution in [0.15, 0.2) is 0 Å². The highest BCUT2D eigenvalue weighted by molar-refractivity contribution is 4.93. The summed E-state index contributed by atoms with van der Waals surface area (Å²) in [5.41, 5.74) is 0.0455.